The lowest BCUT2D eigenvalue weighted by atomic mass is 10.1. The molecule has 1 unspecified atom stereocenters. The Kier molecular flexibility index (Phi) is 5.75. The zero-order valence-electron chi connectivity index (χ0n) is 14.0. The van der Waals surface area contributed by atoms with E-state index in [4.69, 9.17) is 33.9 Å². The Balaban J connectivity index is 2.33. The molecule has 2 rings (SSSR count). The second-order valence-corrected chi connectivity index (χ2v) is 5.78. The quantitative estimate of drug-likeness (QED) is 0.518. The summed E-state index contributed by atoms with van der Waals surface area (Å²) < 4.78 is 10.2. The molecule has 0 spiro atoms. The molecule has 132 valence electrons. The molecule has 0 aromatic carbocycles. The molecule has 0 aromatic rings. The molecule has 0 aliphatic carbocycles. The summed E-state index contributed by atoms with van der Waals surface area (Å²) in [4.78, 5) is 35.2. The summed E-state index contributed by atoms with van der Waals surface area (Å²) in [6.07, 6.45) is 4.60. The Labute approximate surface area is 155 Å². The topological polar surface area (TPSA) is 83.8 Å². The minimum absolute atomic E-state index is 0.117. The molecule has 0 saturated carbocycles. The van der Waals surface area contributed by atoms with Gasteiger partial charge in [-0.3, -0.25) is 19.4 Å². The number of rotatable bonds is 2. The van der Waals surface area contributed by atoms with Crippen molar-refractivity contribution in [2.75, 3.05) is 28.3 Å². The van der Waals surface area contributed by atoms with E-state index in [0.717, 1.165) is 0 Å². The summed E-state index contributed by atoms with van der Waals surface area (Å²) >= 11 is 9.98. The van der Waals surface area contributed by atoms with Gasteiger partial charge < -0.3 is 9.47 Å². The first-order chi connectivity index (χ1) is 11.8. The molecule has 0 saturated heterocycles. The van der Waals surface area contributed by atoms with Gasteiger partial charge in [-0.1, -0.05) is 12.2 Å². The molecular formula is C15H16N4O4S2. The number of likely N-dealkylation sites (N-methyl/N-ethyl adjacent to an activating group) is 1. The van der Waals surface area contributed by atoms with E-state index in [2.05, 4.69) is 9.98 Å². The normalized spacial score (nSPS) is 23.4. The molecule has 25 heavy (non-hydrogen) atoms. The molecule has 2 amide bonds. The highest BCUT2D eigenvalue weighted by atomic mass is 32.1. The van der Waals surface area contributed by atoms with E-state index in [1.54, 1.807) is 12.2 Å². The van der Waals surface area contributed by atoms with Gasteiger partial charge in [0.1, 0.15) is 11.5 Å². The molecule has 0 radical (unpaired) electrons. The molecule has 1 atom stereocenters. The number of hydrogen-bond acceptors (Lipinski definition) is 6. The summed E-state index contributed by atoms with van der Waals surface area (Å²) in [5.74, 6) is -1.06. The summed E-state index contributed by atoms with van der Waals surface area (Å²) in [6, 6.07) is 0. The van der Waals surface area contributed by atoms with E-state index in [0.29, 0.717) is 0 Å². The van der Waals surface area contributed by atoms with Crippen molar-refractivity contribution in [2.45, 2.75) is 0 Å². The lowest BCUT2D eigenvalue weighted by molar-refractivity contribution is -0.128. The van der Waals surface area contributed by atoms with Crippen molar-refractivity contribution >= 4 is 58.3 Å². The van der Waals surface area contributed by atoms with Gasteiger partial charge in [-0.25, -0.2) is 0 Å². The zero-order valence-corrected chi connectivity index (χ0v) is 15.7. The molecule has 2 aliphatic heterocycles. The zero-order chi connectivity index (χ0) is 18.7. The Bertz CT molecular complexity index is 769. The van der Waals surface area contributed by atoms with Crippen LogP contribution in [0.2, 0.25) is 0 Å². The smallest absolute Gasteiger partial charge is 0.265 e. The van der Waals surface area contributed by atoms with Gasteiger partial charge in [0.2, 0.25) is 27.9 Å². The van der Waals surface area contributed by atoms with Crippen LogP contribution in [0.4, 0.5) is 0 Å². The number of methoxy groups -OCH3 is 2. The fourth-order valence-corrected chi connectivity index (χ4v) is 2.47. The van der Waals surface area contributed by atoms with Crippen LogP contribution >= 0.6 is 24.4 Å². The number of aliphatic imine (C=N–C) groups is 2. The highest BCUT2D eigenvalue weighted by Crippen LogP contribution is 2.17. The molecular weight excluding hydrogens is 364 g/mol. The van der Waals surface area contributed by atoms with Crippen LogP contribution in [0, 0.1) is 5.92 Å². The summed E-state index contributed by atoms with van der Waals surface area (Å²) in [5, 5.41) is 0.255. The fourth-order valence-electron chi connectivity index (χ4n) is 2.13. The molecule has 10 heteroatoms. The summed E-state index contributed by atoms with van der Waals surface area (Å²) in [6.45, 7) is 0. The largest absolute Gasteiger partial charge is 0.483 e. The minimum atomic E-state index is -0.737. The third-order valence-electron chi connectivity index (χ3n) is 3.57. The number of nitrogens with zero attached hydrogens (tertiary/aromatic N) is 4. The first-order valence-corrected chi connectivity index (χ1v) is 7.91. The van der Waals surface area contributed by atoms with Gasteiger partial charge in [0.25, 0.3) is 5.91 Å². The van der Waals surface area contributed by atoms with Gasteiger partial charge in [-0.15, -0.1) is 0 Å². The Hall–Kier alpha value is -2.46. The number of thiocarbonyl (C=S) groups is 2. The maximum absolute atomic E-state index is 12.3. The first kappa shape index (κ1) is 18.9. The molecule has 0 bridgehead atoms. The van der Waals surface area contributed by atoms with Crippen LogP contribution in [0.25, 0.3) is 0 Å². The lowest BCUT2D eigenvalue weighted by Crippen LogP contribution is -2.44. The van der Waals surface area contributed by atoms with Crippen molar-refractivity contribution in [2.24, 2.45) is 15.9 Å². The number of carbonyl (C=O) groups is 2. The second kappa shape index (κ2) is 7.62. The van der Waals surface area contributed by atoms with E-state index < -0.39 is 5.92 Å². The van der Waals surface area contributed by atoms with E-state index in [1.807, 2.05) is 0 Å². The number of carbonyl (C=O) groups excluding carboxylic acids is 2. The van der Waals surface area contributed by atoms with Gasteiger partial charge in [0, 0.05) is 14.1 Å². The number of allylic oxidation sites excluding steroid dienone is 2. The number of amides is 2. The maximum Gasteiger partial charge on any atom is 0.265 e. The van der Waals surface area contributed by atoms with E-state index >= 15 is 0 Å². The van der Waals surface area contributed by atoms with Gasteiger partial charge in [-0.05, 0) is 30.5 Å². The average Bonchev–Trinajstić information content (AvgIpc) is 2.60. The molecule has 2 aliphatic rings. The minimum Gasteiger partial charge on any atom is -0.483 e. The second-order valence-electron chi connectivity index (χ2n) is 5.04. The number of ether oxygens (including phenoxy) is 2. The maximum atomic E-state index is 12.3. The molecule has 0 aromatic heterocycles. The van der Waals surface area contributed by atoms with Crippen LogP contribution in [0.3, 0.4) is 0 Å². The van der Waals surface area contributed by atoms with E-state index in [9.17, 15) is 9.59 Å². The van der Waals surface area contributed by atoms with Crippen LogP contribution in [0.15, 0.2) is 33.8 Å². The van der Waals surface area contributed by atoms with E-state index in [-0.39, 0.29) is 39.4 Å². The average molecular weight is 380 g/mol. The van der Waals surface area contributed by atoms with Crippen LogP contribution in [0.5, 0.6) is 0 Å². The van der Waals surface area contributed by atoms with Gasteiger partial charge in [0.15, 0.2) is 0 Å². The van der Waals surface area contributed by atoms with Crippen LogP contribution in [-0.4, -0.2) is 71.9 Å². The van der Waals surface area contributed by atoms with Crippen LogP contribution in [0.1, 0.15) is 0 Å². The predicted molar refractivity (Wildman–Crippen MR) is 100 cm³/mol. The third kappa shape index (κ3) is 3.64. The van der Waals surface area contributed by atoms with Crippen LogP contribution in [-0.2, 0) is 19.1 Å². The molecule has 8 nitrogen and oxygen atoms in total. The van der Waals surface area contributed by atoms with Crippen LogP contribution < -0.4 is 0 Å². The Morgan fingerprint density at radius 2 is 1.68 bits per heavy atom. The van der Waals surface area contributed by atoms with Crippen molar-refractivity contribution in [1.82, 2.24) is 9.80 Å². The SMILES string of the molecule is COC1=NC(=S)N(C)C(=O)C1=C/C=C/C1C(=O)N(C)C(=S)N=C1OC. The number of hydrogen-bond donors (Lipinski definition) is 0. The van der Waals surface area contributed by atoms with Gasteiger partial charge in [0.05, 0.1) is 14.2 Å². The molecule has 2 heterocycles. The Morgan fingerprint density at radius 1 is 1.04 bits per heavy atom. The van der Waals surface area contributed by atoms with Crippen molar-refractivity contribution in [1.29, 1.82) is 0 Å². The third-order valence-corrected chi connectivity index (χ3v) is 4.30. The standard InChI is InChI=1S/C15H16N4O4S2/c1-18-12(20)8(10(22-3)16-14(18)24)6-5-7-9-11(23-4)17-15(25)19(2)13(9)21/h5-8H,1-4H3/b6-5+,9-7?. The van der Waals surface area contributed by atoms with E-state index in [1.165, 1.54) is 44.2 Å². The van der Waals surface area contributed by atoms with Crippen molar-refractivity contribution in [3.05, 3.63) is 23.8 Å². The monoisotopic (exact) mass is 380 g/mol. The van der Waals surface area contributed by atoms with Crippen molar-refractivity contribution in [3.63, 3.8) is 0 Å². The van der Waals surface area contributed by atoms with Crippen molar-refractivity contribution in [3.8, 4) is 0 Å². The fraction of sp³-hybridized carbons (Fsp3) is 0.333. The first-order valence-electron chi connectivity index (χ1n) is 7.09. The lowest BCUT2D eigenvalue weighted by Gasteiger charge is -2.26. The highest BCUT2D eigenvalue weighted by Gasteiger charge is 2.33. The summed E-state index contributed by atoms with van der Waals surface area (Å²) in [5.41, 5.74) is 0.220. The molecule has 0 N–H and O–H groups in total. The highest BCUT2D eigenvalue weighted by molar-refractivity contribution is 7.80. The summed E-state index contributed by atoms with van der Waals surface area (Å²) in [7, 11) is 5.87. The van der Waals surface area contributed by atoms with Gasteiger partial charge in [-0.2, -0.15) is 9.98 Å². The van der Waals surface area contributed by atoms with Gasteiger partial charge >= 0.3 is 0 Å². The Morgan fingerprint density at radius 3 is 2.28 bits per heavy atom. The molecule has 0 fully saturated rings. The van der Waals surface area contributed by atoms with Crippen molar-refractivity contribution < 1.29 is 19.1 Å². The predicted octanol–water partition coefficient (Wildman–Crippen LogP) is 0.689.